The average molecular weight is 333 g/mol. The lowest BCUT2D eigenvalue weighted by Gasteiger charge is -2.11. The second-order valence-corrected chi connectivity index (χ2v) is 6.08. The van der Waals surface area contributed by atoms with Crippen LogP contribution in [-0.2, 0) is 16.0 Å². The van der Waals surface area contributed by atoms with Crippen LogP contribution in [0.1, 0.15) is 23.3 Å². The molecule has 0 saturated heterocycles. The molecular weight excluding hydrogens is 314 g/mol. The lowest BCUT2D eigenvalue weighted by molar-refractivity contribution is -0.139. The summed E-state index contributed by atoms with van der Waals surface area (Å²) in [6.07, 6.45) is 0.710. The molecule has 23 heavy (non-hydrogen) atoms. The van der Waals surface area contributed by atoms with Crippen LogP contribution >= 0.6 is 11.3 Å². The van der Waals surface area contributed by atoms with Gasteiger partial charge in [-0.05, 0) is 42.5 Å². The Kier molecular flexibility index (Phi) is 6.17. The predicted molar refractivity (Wildman–Crippen MR) is 89.0 cm³/mol. The van der Waals surface area contributed by atoms with Crippen LogP contribution in [0.25, 0.3) is 0 Å². The van der Waals surface area contributed by atoms with Crippen LogP contribution in [0.3, 0.4) is 0 Å². The molecule has 2 aromatic rings. The van der Waals surface area contributed by atoms with Gasteiger partial charge in [-0.15, -0.1) is 11.3 Å². The first-order valence-electron chi connectivity index (χ1n) is 7.31. The highest BCUT2D eigenvalue weighted by atomic mass is 32.1. The van der Waals surface area contributed by atoms with E-state index in [-0.39, 0.29) is 18.4 Å². The van der Waals surface area contributed by atoms with Gasteiger partial charge in [0.05, 0.1) is 5.92 Å². The lowest BCUT2D eigenvalue weighted by Crippen LogP contribution is -2.29. The Morgan fingerprint density at radius 3 is 2.61 bits per heavy atom. The van der Waals surface area contributed by atoms with Crippen LogP contribution in [0.5, 0.6) is 5.75 Å². The first-order valence-corrected chi connectivity index (χ1v) is 8.19. The molecule has 0 aliphatic rings. The van der Waals surface area contributed by atoms with E-state index in [9.17, 15) is 9.59 Å². The number of carbonyl (C=O) groups is 2. The van der Waals surface area contributed by atoms with Crippen molar-refractivity contribution in [1.82, 2.24) is 5.32 Å². The Morgan fingerprint density at radius 2 is 2.00 bits per heavy atom. The molecule has 1 aromatic heterocycles. The second kappa shape index (κ2) is 8.33. The zero-order chi connectivity index (χ0) is 16.7. The summed E-state index contributed by atoms with van der Waals surface area (Å²) in [7, 11) is 0. The Hall–Kier alpha value is -2.34. The third-order valence-corrected chi connectivity index (χ3v) is 4.42. The van der Waals surface area contributed by atoms with Crippen molar-refractivity contribution in [2.24, 2.45) is 0 Å². The van der Waals surface area contributed by atoms with E-state index in [1.54, 1.807) is 23.5 Å². The molecule has 1 atom stereocenters. The Balaban J connectivity index is 1.75. The van der Waals surface area contributed by atoms with Crippen LogP contribution in [0.2, 0.25) is 0 Å². The van der Waals surface area contributed by atoms with Gasteiger partial charge in [0.15, 0.2) is 6.61 Å². The molecule has 5 nitrogen and oxygen atoms in total. The normalized spacial score (nSPS) is 11.7. The summed E-state index contributed by atoms with van der Waals surface area (Å²) in [5.74, 6) is -0.598. The maximum absolute atomic E-state index is 12.1. The molecular formula is C17H19NO4S. The molecule has 1 amide bonds. The molecule has 1 heterocycles. The van der Waals surface area contributed by atoms with E-state index in [1.165, 1.54) is 0 Å². The van der Waals surface area contributed by atoms with Crippen molar-refractivity contribution in [3.05, 3.63) is 52.2 Å². The van der Waals surface area contributed by atoms with Gasteiger partial charge in [0.25, 0.3) is 0 Å². The number of rotatable bonds is 8. The van der Waals surface area contributed by atoms with E-state index in [4.69, 9.17) is 9.84 Å². The number of ether oxygens (including phenoxy) is 1. The van der Waals surface area contributed by atoms with Gasteiger partial charge < -0.3 is 15.2 Å². The number of benzene rings is 1. The summed E-state index contributed by atoms with van der Waals surface area (Å²) >= 11 is 1.58. The first-order chi connectivity index (χ1) is 11.1. The van der Waals surface area contributed by atoms with Gasteiger partial charge in [0.1, 0.15) is 5.75 Å². The lowest BCUT2D eigenvalue weighted by atomic mass is 10.1. The van der Waals surface area contributed by atoms with E-state index in [0.29, 0.717) is 18.7 Å². The number of hydrogen-bond acceptors (Lipinski definition) is 4. The number of carbonyl (C=O) groups excluding carboxylic acids is 1. The number of thiophene rings is 1. The van der Waals surface area contributed by atoms with Gasteiger partial charge in [-0.25, -0.2) is 4.79 Å². The number of carboxylic acid groups (broad SMARTS) is 1. The SMILES string of the molecule is CC(C(=O)NCCc1ccc(OCC(=O)O)cc1)c1cccs1. The van der Waals surface area contributed by atoms with Gasteiger partial charge in [0.2, 0.25) is 5.91 Å². The molecule has 0 fully saturated rings. The molecule has 0 radical (unpaired) electrons. The van der Waals surface area contributed by atoms with Gasteiger partial charge >= 0.3 is 5.97 Å². The fourth-order valence-corrected chi connectivity index (χ4v) is 2.83. The number of hydrogen-bond donors (Lipinski definition) is 2. The Labute approximate surface area is 138 Å². The van der Waals surface area contributed by atoms with Crippen molar-refractivity contribution in [1.29, 1.82) is 0 Å². The molecule has 1 unspecified atom stereocenters. The Bertz CT molecular complexity index is 637. The molecule has 2 N–H and O–H groups in total. The van der Waals surface area contributed by atoms with E-state index < -0.39 is 5.97 Å². The van der Waals surface area contributed by atoms with Crippen LogP contribution < -0.4 is 10.1 Å². The average Bonchev–Trinajstić information content (AvgIpc) is 3.07. The highest BCUT2D eigenvalue weighted by Crippen LogP contribution is 2.20. The predicted octanol–water partition coefficient (Wildman–Crippen LogP) is 2.67. The number of aliphatic carboxylic acids is 1. The van der Waals surface area contributed by atoms with Crippen molar-refractivity contribution in [3.63, 3.8) is 0 Å². The van der Waals surface area contributed by atoms with E-state index in [0.717, 1.165) is 10.4 Å². The molecule has 0 aliphatic carbocycles. The monoisotopic (exact) mass is 333 g/mol. The zero-order valence-electron chi connectivity index (χ0n) is 12.8. The summed E-state index contributed by atoms with van der Waals surface area (Å²) < 4.78 is 5.07. The highest BCUT2D eigenvalue weighted by Gasteiger charge is 2.15. The fraction of sp³-hybridized carbons (Fsp3) is 0.294. The molecule has 1 aromatic carbocycles. The maximum atomic E-state index is 12.1. The van der Waals surface area contributed by atoms with Crippen molar-refractivity contribution >= 4 is 23.2 Å². The summed E-state index contributed by atoms with van der Waals surface area (Å²) in [6.45, 7) is 2.11. The molecule has 0 spiro atoms. The minimum Gasteiger partial charge on any atom is -0.482 e. The van der Waals surface area contributed by atoms with Gasteiger partial charge in [0, 0.05) is 11.4 Å². The third-order valence-electron chi connectivity index (χ3n) is 3.36. The molecule has 0 bridgehead atoms. The molecule has 0 saturated carbocycles. The second-order valence-electron chi connectivity index (χ2n) is 5.10. The molecule has 122 valence electrons. The van der Waals surface area contributed by atoms with E-state index in [2.05, 4.69) is 5.32 Å². The minimum absolute atomic E-state index is 0.0221. The van der Waals surface area contributed by atoms with Gasteiger partial charge in [-0.1, -0.05) is 18.2 Å². The van der Waals surface area contributed by atoms with Crippen molar-refractivity contribution in [2.75, 3.05) is 13.2 Å². The Morgan fingerprint density at radius 1 is 1.26 bits per heavy atom. The minimum atomic E-state index is -1.00. The number of amides is 1. The van der Waals surface area contributed by atoms with Gasteiger partial charge in [-0.2, -0.15) is 0 Å². The van der Waals surface area contributed by atoms with Crippen molar-refractivity contribution < 1.29 is 19.4 Å². The quantitative estimate of drug-likeness (QED) is 0.779. The molecule has 0 aliphatic heterocycles. The summed E-state index contributed by atoms with van der Waals surface area (Å²) in [5, 5.41) is 13.4. The summed E-state index contributed by atoms with van der Waals surface area (Å²) in [5.41, 5.74) is 1.05. The van der Waals surface area contributed by atoms with Crippen molar-refractivity contribution in [2.45, 2.75) is 19.3 Å². The zero-order valence-corrected chi connectivity index (χ0v) is 13.6. The fourth-order valence-electron chi connectivity index (χ4n) is 2.05. The van der Waals surface area contributed by atoms with Crippen LogP contribution in [-0.4, -0.2) is 30.1 Å². The smallest absolute Gasteiger partial charge is 0.341 e. The third kappa shape index (κ3) is 5.41. The number of carboxylic acids is 1. The highest BCUT2D eigenvalue weighted by molar-refractivity contribution is 7.10. The summed E-state index contributed by atoms with van der Waals surface area (Å²) in [6, 6.07) is 11.1. The molecule has 6 heteroatoms. The van der Waals surface area contributed by atoms with Crippen molar-refractivity contribution in [3.8, 4) is 5.75 Å². The maximum Gasteiger partial charge on any atom is 0.341 e. The first kappa shape index (κ1) is 17.0. The topological polar surface area (TPSA) is 75.6 Å². The summed E-state index contributed by atoms with van der Waals surface area (Å²) in [4.78, 5) is 23.5. The standard InChI is InChI=1S/C17H19NO4S/c1-12(15-3-2-10-23-15)17(21)18-9-8-13-4-6-14(7-5-13)22-11-16(19)20/h2-7,10,12H,8-9,11H2,1H3,(H,18,21)(H,19,20). The van der Waals surface area contributed by atoms with Crippen LogP contribution in [0, 0.1) is 0 Å². The van der Waals surface area contributed by atoms with Crippen LogP contribution in [0.4, 0.5) is 0 Å². The van der Waals surface area contributed by atoms with Gasteiger partial charge in [-0.3, -0.25) is 4.79 Å². The van der Waals surface area contributed by atoms with E-state index in [1.807, 2.05) is 36.6 Å². The largest absolute Gasteiger partial charge is 0.482 e. The molecule has 2 rings (SSSR count). The van der Waals surface area contributed by atoms with Crippen LogP contribution in [0.15, 0.2) is 41.8 Å². The van der Waals surface area contributed by atoms with E-state index >= 15 is 0 Å². The number of nitrogens with one attached hydrogen (secondary N) is 1.